The Balaban J connectivity index is 1.51. The van der Waals surface area contributed by atoms with Gasteiger partial charge in [0.25, 0.3) is 5.91 Å². The molecule has 2 fully saturated rings. The van der Waals surface area contributed by atoms with Gasteiger partial charge >= 0.3 is 5.97 Å². The molecule has 0 spiro atoms. The number of carbonyl (C=O) groups excluding carboxylic acids is 3. The van der Waals surface area contributed by atoms with E-state index in [1.165, 1.54) is 18.4 Å². The Kier molecular flexibility index (Phi) is 6.54. The normalized spacial score (nSPS) is 24.7. The summed E-state index contributed by atoms with van der Waals surface area (Å²) in [5.74, 6) is -0.525. The number of nitrogens with zero attached hydrogens (tertiary/aromatic N) is 1. The molecule has 1 saturated carbocycles. The van der Waals surface area contributed by atoms with Crippen LogP contribution < -0.4 is 15.0 Å². The molecule has 7 heteroatoms. The molecule has 0 bridgehead atoms. The first kappa shape index (κ1) is 20.2. The van der Waals surface area contributed by atoms with Gasteiger partial charge in [0.1, 0.15) is 5.75 Å². The second-order valence-electron chi connectivity index (χ2n) is 7.62. The summed E-state index contributed by atoms with van der Waals surface area (Å²) in [5, 5.41) is 2.96. The van der Waals surface area contributed by atoms with Crippen LogP contribution in [0.4, 0.5) is 5.69 Å². The summed E-state index contributed by atoms with van der Waals surface area (Å²) in [6.07, 6.45) is 4.44. The predicted molar refractivity (Wildman–Crippen MR) is 104 cm³/mol. The second kappa shape index (κ2) is 9.08. The van der Waals surface area contributed by atoms with E-state index in [2.05, 4.69) is 12.2 Å². The molecule has 1 aromatic rings. The molecule has 1 heterocycles. The summed E-state index contributed by atoms with van der Waals surface area (Å²) >= 11 is 0. The Hall–Kier alpha value is -2.57. The summed E-state index contributed by atoms with van der Waals surface area (Å²) in [4.78, 5) is 38.4. The van der Waals surface area contributed by atoms with E-state index in [9.17, 15) is 14.4 Å². The first-order chi connectivity index (χ1) is 13.5. The molecule has 152 valence electrons. The Bertz CT molecular complexity index is 735. The van der Waals surface area contributed by atoms with Gasteiger partial charge < -0.3 is 19.7 Å². The fourth-order valence-corrected chi connectivity index (χ4v) is 3.98. The third-order valence-electron chi connectivity index (χ3n) is 5.64. The minimum absolute atomic E-state index is 0.0676. The van der Waals surface area contributed by atoms with E-state index in [0.29, 0.717) is 17.4 Å². The lowest BCUT2D eigenvalue weighted by Gasteiger charge is -2.29. The van der Waals surface area contributed by atoms with Crippen molar-refractivity contribution in [3.63, 3.8) is 0 Å². The SMILES string of the molecule is COc1ccccc1N1C[C@H](C(=O)OCC(=O)N[C@@H]2CCCC[C@H]2C)CC1=O. The molecular weight excluding hydrogens is 360 g/mol. The van der Waals surface area contributed by atoms with Crippen LogP contribution in [0.3, 0.4) is 0 Å². The Labute approximate surface area is 165 Å². The molecule has 1 saturated heterocycles. The van der Waals surface area contributed by atoms with Crippen molar-refractivity contribution in [3.05, 3.63) is 24.3 Å². The van der Waals surface area contributed by atoms with Crippen molar-refractivity contribution < 1.29 is 23.9 Å². The predicted octanol–water partition coefficient (Wildman–Crippen LogP) is 2.29. The van der Waals surface area contributed by atoms with Crippen molar-refractivity contribution >= 4 is 23.5 Å². The van der Waals surface area contributed by atoms with Gasteiger partial charge in [0.2, 0.25) is 5.91 Å². The molecule has 0 radical (unpaired) electrons. The summed E-state index contributed by atoms with van der Waals surface area (Å²) in [7, 11) is 1.54. The third kappa shape index (κ3) is 4.64. The fourth-order valence-electron chi connectivity index (χ4n) is 3.98. The second-order valence-corrected chi connectivity index (χ2v) is 7.62. The van der Waals surface area contributed by atoms with Crippen LogP contribution in [0.1, 0.15) is 39.0 Å². The van der Waals surface area contributed by atoms with Crippen LogP contribution in [0, 0.1) is 11.8 Å². The van der Waals surface area contributed by atoms with Crippen LogP contribution in [0.2, 0.25) is 0 Å². The van der Waals surface area contributed by atoms with Crippen molar-refractivity contribution in [2.24, 2.45) is 11.8 Å². The van der Waals surface area contributed by atoms with Gasteiger partial charge in [-0.05, 0) is 30.9 Å². The summed E-state index contributed by atoms with van der Waals surface area (Å²) in [5.41, 5.74) is 0.634. The van der Waals surface area contributed by atoms with Crippen LogP contribution in [0.5, 0.6) is 5.75 Å². The standard InChI is InChI=1S/C21H28N2O5/c1-14-7-3-4-8-16(14)22-19(24)13-28-21(26)15-11-20(25)23(12-15)17-9-5-6-10-18(17)27-2/h5-6,9-10,14-16H,3-4,7-8,11-13H2,1-2H3,(H,22,24)/t14-,15-,16-/m1/s1. The fraction of sp³-hybridized carbons (Fsp3) is 0.571. The molecule has 0 aromatic heterocycles. The lowest BCUT2D eigenvalue weighted by molar-refractivity contribution is -0.152. The van der Waals surface area contributed by atoms with E-state index >= 15 is 0 Å². The zero-order valence-corrected chi connectivity index (χ0v) is 16.5. The quantitative estimate of drug-likeness (QED) is 0.756. The van der Waals surface area contributed by atoms with Gasteiger partial charge in [-0.3, -0.25) is 14.4 Å². The van der Waals surface area contributed by atoms with Crippen LogP contribution in [-0.4, -0.2) is 44.1 Å². The third-order valence-corrected chi connectivity index (χ3v) is 5.64. The molecular formula is C21H28N2O5. The molecule has 1 N–H and O–H groups in total. The molecule has 2 aliphatic rings. The molecule has 0 unspecified atom stereocenters. The topological polar surface area (TPSA) is 84.9 Å². The van der Waals surface area contributed by atoms with Crippen molar-refractivity contribution in [1.82, 2.24) is 5.32 Å². The number of anilines is 1. The Morgan fingerprint density at radius 1 is 1.21 bits per heavy atom. The zero-order valence-electron chi connectivity index (χ0n) is 16.5. The molecule has 3 atom stereocenters. The number of esters is 1. The van der Waals surface area contributed by atoms with Gasteiger partial charge in [0, 0.05) is 19.0 Å². The number of para-hydroxylation sites is 2. The minimum atomic E-state index is -0.584. The first-order valence-electron chi connectivity index (χ1n) is 9.89. The number of hydrogen-bond acceptors (Lipinski definition) is 5. The number of benzene rings is 1. The monoisotopic (exact) mass is 388 g/mol. The summed E-state index contributed by atoms with van der Waals surface area (Å²) in [6, 6.07) is 7.33. The number of ether oxygens (including phenoxy) is 2. The Morgan fingerprint density at radius 2 is 1.96 bits per heavy atom. The first-order valence-corrected chi connectivity index (χ1v) is 9.89. The van der Waals surface area contributed by atoms with E-state index in [0.717, 1.165) is 19.3 Å². The summed E-state index contributed by atoms with van der Waals surface area (Å²) in [6.45, 7) is 2.05. The highest BCUT2D eigenvalue weighted by molar-refractivity contribution is 6.00. The van der Waals surface area contributed by atoms with E-state index in [4.69, 9.17) is 9.47 Å². The number of rotatable bonds is 6. The average Bonchev–Trinajstić information content (AvgIpc) is 3.09. The molecule has 1 aromatic carbocycles. The largest absolute Gasteiger partial charge is 0.495 e. The van der Waals surface area contributed by atoms with Gasteiger partial charge in [-0.15, -0.1) is 0 Å². The lowest BCUT2D eigenvalue weighted by atomic mass is 9.86. The van der Waals surface area contributed by atoms with Gasteiger partial charge in [0.05, 0.1) is 18.7 Å². The van der Waals surface area contributed by atoms with Crippen molar-refractivity contribution in [2.45, 2.75) is 45.1 Å². The van der Waals surface area contributed by atoms with Crippen LogP contribution in [0.15, 0.2) is 24.3 Å². The minimum Gasteiger partial charge on any atom is -0.495 e. The van der Waals surface area contributed by atoms with Gasteiger partial charge in [-0.25, -0.2) is 0 Å². The average molecular weight is 388 g/mol. The molecule has 28 heavy (non-hydrogen) atoms. The van der Waals surface area contributed by atoms with Gasteiger partial charge in [0.15, 0.2) is 6.61 Å². The molecule has 7 nitrogen and oxygen atoms in total. The molecule has 2 amide bonds. The van der Waals surface area contributed by atoms with Gasteiger partial charge in [-0.1, -0.05) is 31.9 Å². The number of hydrogen-bond donors (Lipinski definition) is 1. The number of amides is 2. The smallest absolute Gasteiger partial charge is 0.311 e. The van der Waals surface area contributed by atoms with E-state index in [-0.39, 0.29) is 37.4 Å². The molecule has 1 aliphatic carbocycles. The van der Waals surface area contributed by atoms with Crippen LogP contribution in [-0.2, 0) is 19.1 Å². The Morgan fingerprint density at radius 3 is 2.71 bits per heavy atom. The van der Waals surface area contributed by atoms with E-state index < -0.39 is 11.9 Å². The highest BCUT2D eigenvalue weighted by Gasteiger charge is 2.37. The molecule has 3 rings (SSSR count). The van der Waals surface area contributed by atoms with E-state index in [1.54, 1.807) is 12.1 Å². The van der Waals surface area contributed by atoms with Crippen molar-refractivity contribution in [1.29, 1.82) is 0 Å². The van der Waals surface area contributed by atoms with E-state index in [1.807, 2.05) is 12.1 Å². The summed E-state index contributed by atoms with van der Waals surface area (Å²) < 4.78 is 10.5. The van der Waals surface area contributed by atoms with Crippen LogP contribution >= 0.6 is 0 Å². The number of nitrogens with one attached hydrogen (secondary N) is 1. The van der Waals surface area contributed by atoms with Crippen LogP contribution in [0.25, 0.3) is 0 Å². The van der Waals surface area contributed by atoms with Gasteiger partial charge in [-0.2, -0.15) is 0 Å². The number of carbonyl (C=O) groups is 3. The molecule has 1 aliphatic heterocycles. The highest BCUT2D eigenvalue weighted by Crippen LogP contribution is 2.33. The van der Waals surface area contributed by atoms with Crippen molar-refractivity contribution in [2.75, 3.05) is 25.2 Å². The maximum Gasteiger partial charge on any atom is 0.311 e. The maximum absolute atomic E-state index is 12.4. The zero-order chi connectivity index (χ0) is 20.1. The number of methoxy groups -OCH3 is 1. The highest BCUT2D eigenvalue weighted by atomic mass is 16.5. The maximum atomic E-state index is 12.4. The lowest BCUT2D eigenvalue weighted by Crippen LogP contribution is -2.43. The van der Waals surface area contributed by atoms with Crippen molar-refractivity contribution in [3.8, 4) is 5.75 Å².